The SMILES string of the molecule is N#Cc1cccc(-c2cc(-c3nc(-c4ccccc4)nc(-c4ccccc4)n3)cc(-c3cccc(C#N)c3)c2-n2c3ccccc3c3cc(C(F)(F)F)ccc32)c1. The Morgan fingerprint density at radius 2 is 0.912 bits per heavy atom. The molecular weight excluding hydrogens is 718 g/mol. The molecule has 0 bridgehead atoms. The number of aromatic nitrogens is 4. The standard InChI is InChI=1S/C48H27F3N6/c49-48(50,51)37-21-22-43-41(27-37)38-19-7-8-20-42(38)57(43)44-39(34-17-9-11-30(23-34)28-52)25-36(26-40(44)35-18-10-12-31(24-35)29-53)47-55-45(32-13-3-1-4-14-32)54-46(56-47)33-15-5-2-6-16-33/h1-27H. The van der Waals surface area contributed by atoms with Crippen molar-refractivity contribution >= 4 is 21.8 Å². The van der Waals surface area contributed by atoms with Crippen LogP contribution in [0.4, 0.5) is 13.2 Å². The highest BCUT2D eigenvalue weighted by Crippen LogP contribution is 2.45. The fourth-order valence-corrected chi connectivity index (χ4v) is 7.28. The zero-order valence-electron chi connectivity index (χ0n) is 29.9. The summed E-state index contributed by atoms with van der Waals surface area (Å²) in [6.45, 7) is 0. The highest BCUT2D eigenvalue weighted by Gasteiger charge is 2.32. The Kier molecular flexibility index (Phi) is 8.61. The third-order valence-electron chi connectivity index (χ3n) is 9.90. The highest BCUT2D eigenvalue weighted by molar-refractivity contribution is 6.11. The topological polar surface area (TPSA) is 91.2 Å². The Morgan fingerprint density at radius 1 is 0.439 bits per heavy atom. The van der Waals surface area contributed by atoms with Crippen molar-refractivity contribution in [2.75, 3.05) is 0 Å². The normalized spacial score (nSPS) is 11.4. The predicted octanol–water partition coefficient (Wildman–Crippen LogP) is 12.1. The van der Waals surface area contributed by atoms with Gasteiger partial charge < -0.3 is 4.57 Å². The number of para-hydroxylation sites is 1. The quantitative estimate of drug-likeness (QED) is 0.169. The smallest absolute Gasteiger partial charge is 0.308 e. The summed E-state index contributed by atoms with van der Waals surface area (Å²) in [6.07, 6.45) is -4.55. The van der Waals surface area contributed by atoms with Gasteiger partial charge in [-0.05, 0) is 71.8 Å². The number of alkyl halides is 3. The molecule has 0 aliphatic rings. The van der Waals surface area contributed by atoms with Gasteiger partial charge in [-0.1, -0.05) is 103 Å². The Labute approximate surface area is 325 Å². The molecule has 0 aliphatic heterocycles. The fraction of sp³-hybridized carbons (Fsp3) is 0.0208. The number of hydrogen-bond acceptors (Lipinski definition) is 5. The van der Waals surface area contributed by atoms with E-state index in [0.717, 1.165) is 17.2 Å². The number of halogens is 3. The molecule has 0 N–H and O–H groups in total. The summed E-state index contributed by atoms with van der Waals surface area (Å²) < 4.78 is 44.5. The first-order chi connectivity index (χ1) is 27.8. The van der Waals surface area contributed by atoms with Crippen LogP contribution in [-0.2, 0) is 6.18 Å². The van der Waals surface area contributed by atoms with Crippen LogP contribution in [0.15, 0.2) is 164 Å². The second-order valence-corrected chi connectivity index (χ2v) is 13.4. The Hall–Kier alpha value is -7.88. The van der Waals surface area contributed by atoms with E-state index in [4.69, 9.17) is 15.0 Å². The minimum absolute atomic E-state index is 0.377. The Morgan fingerprint density at radius 3 is 1.44 bits per heavy atom. The van der Waals surface area contributed by atoms with Crippen LogP contribution in [0.1, 0.15) is 16.7 Å². The van der Waals surface area contributed by atoms with Crippen LogP contribution in [0.25, 0.3) is 83.9 Å². The van der Waals surface area contributed by atoms with Crippen LogP contribution in [0.3, 0.4) is 0 Å². The molecule has 6 nitrogen and oxygen atoms in total. The molecule has 0 radical (unpaired) electrons. The van der Waals surface area contributed by atoms with E-state index in [9.17, 15) is 23.7 Å². The van der Waals surface area contributed by atoms with Crippen molar-refractivity contribution in [3.05, 3.63) is 180 Å². The summed E-state index contributed by atoms with van der Waals surface area (Å²) >= 11 is 0. The van der Waals surface area contributed by atoms with E-state index in [-0.39, 0.29) is 0 Å². The van der Waals surface area contributed by atoms with Crippen molar-refractivity contribution in [3.8, 4) is 74.2 Å². The number of nitriles is 2. The van der Waals surface area contributed by atoms with Crippen molar-refractivity contribution in [3.63, 3.8) is 0 Å². The first-order valence-corrected chi connectivity index (χ1v) is 18.0. The summed E-state index contributed by atoms with van der Waals surface area (Å²) in [4.78, 5) is 14.9. The van der Waals surface area contributed by atoms with E-state index >= 15 is 0 Å². The van der Waals surface area contributed by atoms with Crippen molar-refractivity contribution in [2.45, 2.75) is 6.18 Å². The van der Waals surface area contributed by atoms with Gasteiger partial charge in [0.25, 0.3) is 0 Å². The van der Waals surface area contributed by atoms with E-state index in [2.05, 4.69) is 12.1 Å². The van der Waals surface area contributed by atoms with Gasteiger partial charge in [-0.25, -0.2) is 15.0 Å². The van der Waals surface area contributed by atoms with Gasteiger partial charge in [0, 0.05) is 38.6 Å². The molecule has 0 aliphatic carbocycles. The van der Waals surface area contributed by atoms with Gasteiger partial charge in [-0.2, -0.15) is 23.7 Å². The van der Waals surface area contributed by atoms with Crippen LogP contribution in [0.2, 0.25) is 0 Å². The highest BCUT2D eigenvalue weighted by atomic mass is 19.4. The molecule has 9 heteroatoms. The number of rotatable bonds is 6. The lowest BCUT2D eigenvalue weighted by molar-refractivity contribution is -0.137. The molecule has 0 atom stereocenters. The molecule has 57 heavy (non-hydrogen) atoms. The number of fused-ring (bicyclic) bond motifs is 3. The zero-order chi connectivity index (χ0) is 39.1. The van der Waals surface area contributed by atoms with Crippen LogP contribution in [-0.4, -0.2) is 19.5 Å². The minimum Gasteiger partial charge on any atom is -0.308 e. The van der Waals surface area contributed by atoms with Gasteiger partial charge >= 0.3 is 6.18 Å². The molecule has 9 aromatic rings. The monoisotopic (exact) mass is 744 g/mol. The molecule has 0 spiro atoms. The van der Waals surface area contributed by atoms with Gasteiger partial charge in [-0.3, -0.25) is 0 Å². The van der Waals surface area contributed by atoms with E-state index in [1.807, 2.05) is 108 Å². The average molecular weight is 745 g/mol. The summed E-state index contributed by atoms with van der Waals surface area (Å²) in [5.41, 5.74) is 6.83. The predicted molar refractivity (Wildman–Crippen MR) is 216 cm³/mol. The largest absolute Gasteiger partial charge is 0.416 e. The molecule has 9 rings (SSSR count). The maximum absolute atomic E-state index is 14.2. The summed E-state index contributed by atoms with van der Waals surface area (Å²) in [5, 5.41) is 21.1. The van der Waals surface area contributed by atoms with E-state index in [1.54, 1.807) is 42.5 Å². The molecule has 0 unspecified atom stereocenters. The van der Waals surface area contributed by atoms with Gasteiger partial charge in [0.2, 0.25) is 0 Å². The molecule has 2 aromatic heterocycles. The summed E-state index contributed by atoms with van der Waals surface area (Å²) in [6, 6.07) is 53.2. The summed E-state index contributed by atoms with van der Waals surface area (Å²) in [7, 11) is 0. The molecule has 2 heterocycles. The maximum atomic E-state index is 14.2. The zero-order valence-corrected chi connectivity index (χ0v) is 29.9. The summed E-state index contributed by atoms with van der Waals surface area (Å²) in [5.74, 6) is 1.31. The van der Waals surface area contributed by atoms with Gasteiger partial charge in [-0.15, -0.1) is 0 Å². The van der Waals surface area contributed by atoms with Crippen molar-refractivity contribution in [1.82, 2.24) is 19.5 Å². The number of hydrogen-bond donors (Lipinski definition) is 0. The van der Waals surface area contributed by atoms with Gasteiger partial charge in [0.15, 0.2) is 17.5 Å². The van der Waals surface area contributed by atoms with E-state index < -0.39 is 11.7 Å². The second kappa shape index (κ2) is 14.1. The molecule has 270 valence electrons. The van der Waals surface area contributed by atoms with Crippen molar-refractivity contribution < 1.29 is 13.2 Å². The lowest BCUT2D eigenvalue weighted by atomic mass is 9.91. The molecule has 0 amide bonds. The molecule has 0 saturated carbocycles. The minimum atomic E-state index is -4.55. The Bertz CT molecular complexity index is 2950. The number of benzene rings is 7. The number of nitrogens with zero attached hydrogens (tertiary/aromatic N) is 6. The molecule has 7 aromatic carbocycles. The molecule has 0 fully saturated rings. The third kappa shape index (κ3) is 6.43. The Balaban J connectivity index is 1.43. The first kappa shape index (κ1) is 34.9. The maximum Gasteiger partial charge on any atom is 0.416 e. The fourth-order valence-electron chi connectivity index (χ4n) is 7.28. The third-order valence-corrected chi connectivity index (χ3v) is 9.90. The van der Waals surface area contributed by atoms with Crippen molar-refractivity contribution in [2.24, 2.45) is 0 Å². The van der Waals surface area contributed by atoms with Crippen molar-refractivity contribution in [1.29, 1.82) is 10.5 Å². The van der Waals surface area contributed by atoms with E-state index in [1.165, 1.54) is 12.1 Å². The molecule has 0 saturated heterocycles. The van der Waals surface area contributed by atoms with Crippen LogP contribution < -0.4 is 0 Å². The lowest BCUT2D eigenvalue weighted by Crippen LogP contribution is -2.05. The lowest BCUT2D eigenvalue weighted by Gasteiger charge is -2.21. The van der Waals surface area contributed by atoms with Crippen LogP contribution in [0.5, 0.6) is 0 Å². The van der Waals surface area contributed by atoms with Crippen LogP contribution in [0, 0.1) is 22.7 Å². The second-order valence-electron chi connectivity index (χ2n) is 13.4. The molecular formula is C48H27F3N6. The first-order valence-electron chi connectivity index (χ1n) is 18.0. The van der Waals surface area contributed by atoms with Gasteiger partial charge in [0.1, 0.15) is 0 Å². The van der Waals surface area contributed by atoms with Gasteiger partial charge in [0.05, 0.1) is 45.5 Å². The van der Waals surface area contributed by atoms with E-state index in [0.29, 0.717) is 83.9 Å². The average Bonchev–Trinajstić information content (AvgIpc) is 3.59. The van der Waals surface area contributed by atoms with Crippen LogP contribution >= 0.6 is 0 Å².